The van der Waals surface area contributed by atoms with Gasteiger partial charge >= 0.3 is 0 Å². The molecule has 4 aromatic rings. The third-order valence-corrected chi connectivity index (χ3v) is 8.42. The molecule has 0 atom stereocenters. The quantitative estimate of drug-likeness (QED) is 0.256. The molecule has 2 aromatic carbocycles. The molecular formula is C26H25ClN4O2S2. The Labute approximate surface area is 216 Å². The smallest absolute Gasteiger partial charge is 0.267 e. The number of halogens is 1. The summed E-state index contributed by atoms with van der Waals surface area (Å²) in [6.45, 7) is 0. The number of thiophene rings is 1. The molecule has 6 nitrogen and oxygen atoms in total. The number of nitrogens with one attached hydrogen (secondary N) is 1. The molecule has 0 radical (unpaired) electrons. The monoisotopic (exact) mass is 524 g/mol. The largest absolute Gasteiger partial charge is 0.378 e. The number of amides is 1. The number of carbonyl (C=O) groups excluding carboxylic acids is 1. The van der Waals surface area contributed by atoms with Crippen LogP contribution in [0.3, 0.4) is 0 Å². The fraction of sp³-hybridized carbons (Fsp3) is 0.269. The summed E-state index contributed by atoms with van der Waals surface area (Å²) in [7, 11) is 3.94. The van der Waals surface area contributed by atoms with Crippen molar-refractivity contribution in [3.8, 4) is 5.69 Å². The maximum absolute atomic E-state index is 13.8. The van der Waals surface area contributed by atoms with Crippen molar-refractivity contribution in [2.45, 2.75) is 30.8 Å². The van der Waals surface area contributed by atoms with Crippen LogP contribution in [0.15, 0.2) is 58.5 Å². The first-order valence-electron chi connectivity index (χ1n) is 11.4. The molecule has 35 heavy (non-hydrogen) atoms. The first-order chi connectivity index (χ1) is 16.9. The molecule has 0 unspecified atom stereocenters. The van der Waals surface area contributed by atoms with Crippen molar-refractivity contribution in [1.82, 2.24) is 9.55 Å². The summed E-state index contributed by atoms with van der Waals surface area (Å²) >= 11 is 8.97. The highest BCUT2D eigenvalue weighted by atomic mass is 35.5. The van der Waals surface area contributed by atoms with E-state index in [9.17, 15) is 9.59 Å². The van der Waals surface area contributed by atoms with Gasteiger partial charge in [0.2, 0.25) is 5.91 Å². The molecule has 0 saturated heterocycles. The van der Waals surface area contributed by atoms with Crippen LogP contribution in [0.2, 0.25) is 5.02 Å². The molecule has 0 spiro atoms. The van der Waals surface area contributed by atoms with Crippen molar-refractivity contribution in [2.75, 3.05) is 30.1 Å². The zero-order valence-electron chi connectivity index (χ0n) is 19.5. The van der Waals surface area contributed by atoms with E-state index in [4.69, 9.17) is 16.6 Å². The summed E-state index contributed by atoms with van der Waals surface area (Å²) < 4.78 is 1.62. The van der Waals surface area contributed by atoms with Gasteiger partial charge in [-0.05, 0) is 79.8 Å². The van der Waals surface area contributed by atoms with Gasteiger partial charge in [0.1, 0.15) is 4.83 Å². The van der Waals surface area contributed by atoms with E-state index in [-0.39, 0.29) is 17.2 Å². The SMILES string of the molecule is CN(C)c1ccc(NC(=O)CSc2nc3sc4c(c3c(=O)n2-c2ccc(Cl)cc2)CCCC4)cc1. The molecule has 180 valence electrons. The highest BCUT2D eigenvalue weighted by Gasteiger charge is 2.23. The Bertz CT molecular complexity index is 1440. The molecule has 0 aliphatic heterocycles. The van der Waals surface area contributed by atoms with Crippen LogP contribution in [0.1, 0.15) is 23.3 Å². The molecular weight excluding hydrogens is 500 g/mol. The van der Waals surface area contributed by atoms with Crippen LogP contribution >= 0.6 is 34.7 Å². The van der Waals surface area contributed by atoms with E-state index in [0.717, 1.165) is 52.8 Å². The Balaban J connectivity index is 1.46. The number of aromatic nitrogens is 2. The van der Waals surface area contributed by atoms with Crippen LogP contribution in [0.4, 0.5) is 11.4 Å². The first kappa shape index (κ1) is 23.9. The summed E-state index contributed by atoms with van der Waals surface area (Å²) in [5, 5.41) is 4.74. The number of rotatable bonds is 6. The number of carbonyl (C=O) groups is 1. The minimum Gasteiger partial charge on any atom is -0.378 e. The number of nitrogens with zero attached hydrogens (tertiary/aromatic N) is 3. The maximum atomic E-state index is 13.8. The number of thioether (sulfide) groups is 1. The average molecular weight is 525 g/mol. The van der Waals surface area contributed by atoms with E-state index >= 15 is 0 Å². The second-order valence-electron chi connectivity index (χ2n) is 8.68. The Hall–Kier alpha value is -2.81. The Kier molecular flexibility index (Phi) is 6.86. The van der Waals surface area contributed by atoms with Gasteiger partial charge < -0.3 is 10.2 Å². The standard InChI is InChI=1S/C26H25ClN4O2S2/c1-30(2)18-13-9-17(10-14-18)28-22(32)15-34-26-29-24-23(20-5-3-4-6-21(20)35-24)25(33)31(26)19-11-7-16(27)8-12-19/h7-14H,3-6,15H2,1-2H3,(H,28,32). The molecule has 2 aromatic heterocycles. The Morgan fingerprint density at radius 2 is 1.83 bits per heavy atom. The second kappa shape index (κ2) is 10.0. The lowest BCUT2D eigenvalue weighted by Crippen LogP contribution is -2.23. The summed E-state index contributed by atoms with van der Waals surface area (Å²) in [6.07, 6.45) is 4.14. The fourth-order valence-electron chi connectivity index (χ4n) is 4.27. The van der Waals surface area contributed by atoms with Crippen molar-refractivity contribution in [3.63, 3.8) is 0 Å². The number of aryl methyl sites for hydroxylation is 2. The molecule has 0 fully saturated rings. The predicted octanol–water partition coefficient (Wildman–Crippen LogP) is 5.78. The molecule has 1 aliphatic rings. The van der Waals surface area contributed by atoms with E-state index in [1.807, 2.05) is 55.4 Å². The zero-order chi connectivity index (χ0) is 24.5. The van der Waals surface area contributed by atoms with Crippen molar-refractivity contribution in [1.29, 1.82) is 0 Å². The summed E-state index contributed by atoms with van der Waals surface area (Å²) in [5.74, 6) is -0.0263. The molecule has 2 heterocycles. The third kappa shape index (κ3) is 4.96. The van der Waals surface area contributed by atoms with Crippen molar-refractivity contribution >= 4 is 62.2 Å². The fourth-order valence-corrected chi connectivity index (χ4v) is 6.51. The van der Waals surface area contributed by atoms with Gasteiger partial charge in [-0.3, -0.25) is 14.2 Å². The van der Waals surface area contributed by atoms with Crippen LogP contribution in [0.5, 0.6) is 0 Å². The lowest BCUT2D eigenvalue weighted by Gasteiger charge is -2.14. The highest BCUT2D eigenvalue weighted by molar-refractivity contribution is 7.99. The van der Waals surface area contributed by atoms with Gasteiger partial charge in [-0.15, -0.1) is 11.3 Å². The van der Waals surface area contributed by atoms with Crippen LogP contribution < -0.4 is 15.8 Å². The van der Waals surface area contributed by atoms with E-state index < -0.39 is 0 Å². The molecule has 1 N–H and O–H groups in total. The van der Waals surface area contributed by atoms with Gasteiger partial charge in [-0.25, -0.2) is 4.98 Å². The summed E-state index contributed by atoms with van der Waals surface area (Å²) in [4.78, 5) is 35.4. The van der Waals surface area contributed by atoms with Crippen LogP contribution in [-0.4, -0.2) is 35.3 Å². The van der Waals surface area contributed by atoms with Gasteiger partial charge in [0.15, 0.2) is 5.16 Å². The lowest BCUT2D eigenvalue weighted by atomic mass is 9.97. The lowest BCUT2D eigenvalue weighted by molar-refractivity contribution is -0.113. The van der Waals surface area contributed by atoms with Gasteiger partial charge in [0, 0.05) is 35.4 Å². The van der Waals surface area contributed by atoms with E-state index in [1.165, 1.54) is 16.6 Å². The molecule has 0 saturated carbocycles. The number of anilines is 2. The minimum atomic E-state index is -0.157. The number of hydrogen-bond donors (Lipinski definition) is 1. The van der Waals surface area contributed by atoms with E-state index in [0.29, 0.717) is 15.9 Å². The van der Waals surface area contributed by atoms with Crippen LogP contribution in [0, 0.1) is 0 Å². The van der Waals surface area contributed by atoms with Crippen LogP contribution in [0.25, 0.3) is 15.9 Å². The number of hydrogen-bond acceptors (Lipinski definition) is 6. The summed E-state index contributed by atoms with van der Waals surface area (Å²) in [5.41, 5.74) is 3.53. The van der Waals surface area contributed by atoms with Gasteiger partial charge in [-0.2, -0.15) is 0 Å². The minimum absolute atomic E-state index is 0.0843. The third-order valence-electron chi connectivity index (χ3n) is 6.04. The molecule has 0 bridgehead atoms. The van der Waals surface area contributed by atoms with Gasteiger partial charge in [-0.1, -0.05) is 23.4 Å². The van der Waals surface area contributed by atoms with Gasteiger partial charge in [0.05, 0.1) is 16.8 Å². The topological polar surface area (TPSA) is 67.2 Å². The molecule has 5 rings (SSSR count). The highest BCUT2D eigenvalue weighted by Crippen LogP contribution is 2.35. The Morgan fingerprint density at radius 1 is 1.11 bits per heavy atom. The van der Waals surface area contributed by atoms with E-state index in [1.54, 1.807) is 28.0 Å². The number of benzene rings is 2. The van der Waals surface area contributed by atoms with Crippen molar-refractivity contribution in [3.05, 3.63) is 74.3 Å². The van der Waals surface area contributed by atoms with Crippen LogP contribution in [-0.2, 0) is 17.6 Å². The average Bonchev–Trinajstić information content (AvgIpc) is 3.22. The predicted molar refractivity (Wildman–Crippen MR) is 147 cm³/mol. The molecule has 9 heteroatoms. The first-order valence-corrected chi connectivity index (χ1v) is 13.6. The Morgan fingerprint density at radius 3 is 2.54 bits per heavy atom. The number of fused-ring (bicyclic) bond motifs is 3. The normalized spacial score (nSPS) is 13.0. The summed E-state index contributed by atoms with van der Waals surface area (Å²) in [6, 6.07) is 14.8. The van der Waals surface area contributed by atoms with Gasteiger partial charge in [0.25, 0.3) is 5.56 Å². The second-order valence-corrected chi connectivity index (χ2v) is 11.1. The van der Waals surface area contributed by atoms with E-state index in [2.05, 4.69) is 5.32 Å². The maximum Gasteiger partial charge on any atom is 0.267 e. The van der Waals surface area contributed by atoms with Crippen molar-refractivity contribution in [2.24, 2.45) is 0 Å². The molecule has 1 aliphatic carbocycles. The van der Waals surface area contributed by atoms with Crippen molar-refractivity contribution < 1.29 is 4.79 Å². The zero-order valence-corrected chi connectivity index (χ0v) is 21.9. The molecule has 1 amide bonds.